The standard InChI is InChI=1S/C13H17BrN2OSi/c1-13(2,3)18(4)17-11-8-9(14)7-10-12(11)16-6-5-15-10/h5-8,18H,1-4H3. The van der Waals surface area contributed by atoms with E-state index < -0.39 is 9.04 Å². The van der Waals surface area contributed by atoms with E-state index in [1.807, 2.05) is 12.1 Å². The van der Waals surface area contributed by atoms with Gasteiger partial charge in [0.25, 0.3) is 0 Å². The van der Waals surface area contributed by atoms with Crippen LogP contribution in [-0.4, -0.2) is 19.0 Å². The summed E-state index contributed by atoms with van der Waals surface area (Å²) in [7, 11) is -1.33. The van der Waals surface area contributed by atoms with Gasteiger partial charge in [0.15, 0.2) is 0 Å². The van der Waals surface area contributed by atoms with Crippen LogP contribution in [-0.2, 0) is 0 Å². The molecular formula is C13H17BrN2OSi. The molecule has 1 aromatic carbocycles. The van der Waals surface area contributed by atoms with Crippen LogP contribution in [0.25, 0.3) is 11.0 Å². The predicted molar refractivity (Wildman–Crippen MR) is 80.6 cm³/mol. The fourth-order valence-corrected chi connectivity index (χ4v) is 2.81. The molecule has 96 valence electrons. The first-order valence-corrected chi connectivity index (χ1v) is 8.94. The third kappa shape index (κ3) is 2.90. The fourth-order valence-electron chi connectivity index (χ4n) is 1.47. The average molecular weight is 325 g/mol. The highest BCUT2D eigenvalue weighted by Crippen LogP contribution is 2.32. The Labute approximate surface area is 117 Å². The molecule has 3 nitrogen and oxygen atoms in total. The third-order valence-corrected chi connectivity index (χ3v) is 6.53. The first kappa shape index (κ1) is 13.5. The van der Waals surface area contributed by atoms with Crippen molar-refractivity contribution in [2.24, 2.45) is 0 Å². The number of hydrogen-bond donors (Lipinski definition) is 0. The molecule has 0 radical (unpaired) electrons. The maximum Gasteiger partial charge on any atom is 0.237 e. The highest BCUT2D eigenvalue weighted by molar-refractivity contribution is 9.10. The molecule has 2 aromatic rings. The maximum absolute atomic E-state index is 6.18. The Morgan fingerprint density at radius 1 is 1.17 bits per heavy atom. The average Bonchev–Trinajstić information content (AvgIpc) is 2.27. The van der Waals surface area contributed by atoms with E-state index in [9.17, 15) is 0 Å². The number of aromatic nitrogens is 2. The van der Waals surface area contributed by atoms with Gasteiger partial charge in [0.2, 0.25) is 9.04 Å². The predicted octanol–water partition coefficient (Wildman–Crippen LogP) is 3.92. The Kier molecular flexibility index (Phi) is 3.73. The molecule has 1 unspecified atom stereocenters. The number of hydrogen-bond acceptors (Lipinski definition) is 3. The van der Waals surface area contributed by atoms with Crippen LogP contribution >= 0.6 is 15.9 Å². The summed E-state index contributed by atoms with van der Waals surface area (Å²) < 4.78 is 7.15. The van der Waals surface area contributed by atoms with E-state index in [1.54, 1.807) is 12.4 Å². The van der Waals surface area contributed by atoms with E-state index in [-0.39, 0.29) is 5.04 Å². The lowest BCUT2D eigenvalue weighted by atomic mass is 10.2. The molecule has 18 heavy (non-hydrogen) atoms. The fraction of sp³-hybridized carbons (Fsp3) is 0.385. The van der Waals surface area contributed by atoms with E-state index in [2.05, 4.69) is 53.2 Å². The Morgan fingerprint density at radius 2 is 1.83 bits per heavy atom. The summed E-state index contributed by atoms with van der Waals surface area (Å²) in [5, 5.41) is 0.219. The number of halogens is 1. The van der Waals surface area contributed by atoms with Crippen LogP contribution in [0.15, 0.2) is 29.0 Å². The molecule has 1 atom stereocenters. The van der Waals surface area contributed by atoms with Crippen LogP contribution in [0.3, 0.4) is 0 Å². The van der Waals surface area contributed by atoms with Gasteiger partial charge in [-0.25, -0.2) is 4.98 Å². The molecule has 1 heterocycles. The zero-order chi connectivity index (χ0) is 13.3. The Hall–Kier alpha value is -0.943. The molecule has 0 aliphatic rings. The molecule has 0 N–H and O–H groups in total. The molecular weight excluding hydrogens is 308 g/mol. The highest BCUT2D eigenvalue weighted by atomic mass is 79.9. The monoisotopic (exact) mass is 324 g/mol. The molecule has 5 heteroatoms. The molecule has 1 aromatic heterocycles. The lowest BCUT2D eigenvalue weighted by Crippen LogP contribution is -2.29. The van der Waals surface area contributed by atoms with Crippen LogP contribution in [0.2, 0.25) is 11.6 Å². The Bertz CT molecular complexity index is 568. The van der Waals surface area contributed by atoms with Gasteiger partial charge in [0.1, 0.15) is 11.3 Å². The number of rotatable bonds is 2. The van der Waals surface area contributed by atoms with Crippen LogP contribution in [0, 0.1) is 0 Å². The Morgan fingerprint density at radius 3 is 2.50 bits per heavy atom. The summed E-state index contributed by atoms with van der Waals surface area (Å²) in [6.45, 7) is 8.87. The van der Waals surface area contributed by atoms with Crippen molar-refractivity contribution in [1.82, 2.24) is 9.97 Å². The summed E-state index contributed by atoms with van der Waals surface area (Å²) in [5.41, 5.74) is 1.70. The number of nitrogens with zero attached hydrogens (tertiary/aromatic N) is 2. The van der Waals surface area contributed by atoms with Gasteiger partial charge in [0, 0.05) is 16.9 Å². The van der Waals surface area contributed by atoms with Gasteiger partial charge in [-0.05, 0) is 23.7 Å². The van der Waals surface area contributed by atoms with Crippen molar-refractivity contribution < 1.29 is 4.43 Å². The summed E-state index contributed by atoms with van der Waals surface area (Å²) in [5.74, 6) is 0.835. The second kappa shape index (κ2) is 4.97. The van der Waals surface area contributed by atoms with Crippen LogP contribution in [0.5, 0.6) is 5.75 Å². The summed E-state index contributed by atoms with van der Waals surface area (Å²) in [4.78, 5) is 8.69. The van der Waals surface area contributed by atoms with Crippen molar-refractivity contribution in [3.8, 4) is 5.75 Å². The third-order valence-electron chi connectivity index (χ3n) is 3.03. The first-order valence-electron chi connectivity index (χ1n) is 5.95. The van der Waals surface area contributed by atoms with Crippen molar-refractivity contribution in [3.63, 3.8) is 0 Å². The largest absolute Gasteiger partial charge is 0.545 e. The minimum atomic E-state index is -1.33. The van der Waals surface area contributed by atoms with Crippen molar-refractivity contribution in [1.29, 1.82) is 0 Å². The van der Waals surface area contributed by atoms with Crippen molar-refractivity contribution >= 4 is 36.0 Å². The summed E-state index contributed by atoms with van der Waals surface area (Å²) >= 11 is 3.49. The molecule has 2 rings (SSSR count). The van der Waals surface area contributed by atoms with Crippen LogP contribution in [0.4, 0.5) is 0 Å². The van der Waals surface area contributed by atoms with Gasteiger partial charge in [-0.3, -0.25) is 4.98 Å². The van der Waals surface area contributed by atoms with Crippen LogP contribution < -0.4 is 4.43 Å². The van der Waals surface area contributed by atoms with E-state index in [0.29, 0.717) is 0 Å². The smallest absolute Gasteiger partial charge is 0.237 e. The normalized spacial score (nSPS) is 13.6. The molecule has 0 spiro atoms. The van der Waals surface area contributed by atoms with Crippen molar-refractivity contribution in [3.05, 3.63) is 29.0 Å². The molecule has 0 saturated heterocycles. The van der Waals surface area contributed by atoms with E-state index in [4.69, 9.17) is 4.43 Å². The van der Waals surface area contributed by atoms with E-state index in [1.165, 1.54) is 0 Å². The maximum atomic E-state index is 6.18. The number of benzene rings is 1. The minimum absolute atomic E-state index is 0.219. The molecule has 0 amide bonds. The van der Waals surface area contributed by atoms with Gasteiger partial charge in [-0.15, -0.1) is 0 Å². The Balaban J connectivity index is 2.44. The van der Waals surface area contributed by atoms with Crippen molar-refractivity contribution in [2.45, 2.75) is 32.4 Å². The van der Waals surface area contributed by atoms with Gasteiger partial charge >= 0.3 is 0 Å². The van der Waals surface area contributed by atoms with Crippen molar-refractivity contribution in [2.75, 3.05) is 0 Å². The zero-order valence-corrected chi connectivity index (χ0v) is 13.8. The van der Waals surface area contributed by atoms with E-state index in [0.717, 1.165) is 21.3 Å². The second-order valence-corrected chi connectivity index (χ2v) is 9.62. The second-order valence-electron chi connectivity index (χ2n) is 5.45. The lowest BCUT2D eigenvalue weighted by Gasteiger charge is -2.26. The van der Waals surface area contributed by atoms with Gasteiger partial charge in [0.05, 0.1) is 5.52 Å². The first-order chi connectivity index (χ1) is 8.38. The SMILES string of the molecule is C[SiH](Oc1cc(Br)cc2nccnc12)C(C)(C)C. The molecule has 0 fully saturated rings. The quantitative estimate of drug-likeness (QED) is 0.785. The highest BCUT2D eigenvalue weighted by Gasteiger charge is 2.25. The summed E-state index contributed by atoms with van der Waals surface area (Å²) in [6.07, 6.45) is 3.40. The van der Waals surface area contributed by atoms with Crippen LogP contribution in [0.1, 0.15) is 20.8 Å². The minimum Gasteiger partial charge on any atom is -0.545 e. The zero-order valence-electron chi connectivity index (χ0n) is 11.1. The molecule has 0 aliphatic heterocycles. The molecule has 0 bridgehead atoms. The molecule has 0 saturated carbocycles. The summed E-state index contributed by atoms with van der Waals surface area (Å²) in [6, 6.07) is 3.94. The number of fused-ring (bicyclic) bond motifs is 1. The molecule has 0 aliphatic carbocycles. The lowest BCUT2D eigenvalue weighted by molar-refractivity contribution is 0.523. The van der Waals surface area contributed by atoms with Gasteiger partial charge in [-0.1, -0.05) is 36.7 Å². The van der Waals surface area contributed by atoms with Gasteiger partial charge < -0.3 is 4.43 Å². The van der Waals surface area contributed by atoms with Gasteiger partial charge in [-0.2, -0.15) is 0 Å². The van der Waals surface area contributed by atoms with E-state index >= 15 is 0 Å². The topological polar surface area (TPSA) is 35.0 Å².